The number of hydrogen-bond donors (Lipinski definition) is 0. The summed E-state index contributed by atoms with van der Waals surface area (Å²) < 4.78 is 10.9. The molecule has 0 aliphatic carbocycles. The Hall–Kier alpha value is -4.40. The Morgan fingerprint density at radius 1 is 0.941 bits per heavy atom. The summed E-state index contributed by atoms with van der Waals surface area (Å²) >= 11 is 0. The van der Waals surface area contributed by atoms with Crippen LogP contribution in [0.1, 0.15) is 28.5 Å². The molecule has 0 bridgehead atoms. The number of nitrogens with zero attached hydrogens (tertiary/aromatic N) is 5. The van der Waals surface area contributed by atoms with E-state index in [0.717, 1.165) is 16.7 Å². The molecule has 34 heavy (non-hydrogen) atoms. The Morgan fingerprint density at radius 3 is 2.24 bits per heavy atom. The molecule has 0 aliphatic heterocycles. The summed E-state index contributed by atoms with van der Waals surface area (Å²) in [5.41, 5.74) is 4.74. The lowest BCUT2D eigenvalue weighted by atomic mass is 10.1. The van der Waals surface area contributed by atoms with Gasteiger partial charge in [0.15, 0.2) is 0 Å². The van der Waals surface area contributed by atoms with Crippen molar-refractivity contribution in [3.63, 3.8) is 0 Å². The molecular formula is C25H23N5O4. The topological polar surface area (TPSA) is 111 Å². The summed E-state index contributed by atoms with van der Waals surface area (Å²) in [5, 5.41) is 8.30. The molecule has 0 aliphatic rings. The SMILES string of the molecule is CC(=O)OCc1ccc(-c2nnc(-c3nc(-c4ccc(C(=O)N(C)C)cc4)cnc3C)o2)cc1. The second-order valence-corrected chi connectivity index (χ2v) is 7.86. The van der Waals surface area contributed by atoms with Gasteiger partial charge in [0.2, 0.25) is 5.89 Å². The molecule has 2 aromatic heterocycles. The largest absolute Gasteiger partial charge is 0.461 e. The maximum Gasteiger partial charge on any atom is 0.302 e. The van der Waals surface area contributed by atoms with E-state index in [1.54, 1.807) is 32.4 Å². The number of benzene rings is 2. The van der Waals surface area contributed by atoms with Crippen molar-refractivity contribution in [2.75, 3.05) is 14.1 Å². The Labute approximate surface area is 196 Å². The predicted octanol–water partition coefficient (Wildman–Crippen LogP) is 3.93. The highest BCUT2D eigenvalue weighted by atomic mass is 16.5. The van der Waals surface area contributed by atoms with E-state index in [-0.39, 0.29) is 24.4 Å². The number of amides is 1. The first-order valence-electron chi connectivity index (χ1n) is 10.5. The van der Waals surface area contributed by atoms with Crippen molar-refractivity contribution in [1.82, 2.24) is 25.1 Å². The highest BCUT2D eigenvalue weighted by molar-refractivity contribution is 5.94. The highest BCUT2D eigenvalue weighted by Gasteiger charge is 2.17. The van der Waals surface area contributed by atoms with Gasteiger partial charge in [-0.15, -0.1) is 10.2 Å². The zero-order valence-corrected chi connectivity index (χ0v) is 19.3. The number of carbonyl (C=O) groups excluding carboxylic acids is 2. The van der Waals surface area contributed by atoms with E-state index in [0.29, 0.717) is 28.5 Å². The summed E-state index contributed by atoms with van der Waals surface area (Å²) in [5.74, 6) is 0.194. The minimum atomic E-state index is -0.331. The van der Waals surface area contributed by atoms with Crippen molar-refractivity contribution in [2.24, 2.45) is 0 Å². The third kappa shape index (κ3) is 4.98. The zero-order valence-electron chi connectivity index (χ0n) is 19.3. The average Bonchev–Trinajstić information content (AvgIpc) is 3.33. The minimum Gasteiger partial charge on any atom is -0.461 e. The predicted molar refractivity (Wildman–Crippen MR) is 124 cm³/mol. The number of esters is 1. The lowest BCUT2D eigenvalue weighted by Gasteiger charge is -2.10. The van der Waals surface area contributed by atoms with Crippen molar-refractivity contribution < 1.29 is 18.7 Å². The fourth-order valence-electron chi connectivity index (χ4n) is 3.20. The summed E-state index contributed by atoms with van der Waals surface area (Å²) in [6, 6.07) is 14.5. The van der Waals surface area contributed by atoms with E-state index in [4.69, 9.17) is 9.15 Å². The number of aryl methyl sites for hydroxylation is 1. The van der Waals surface area contributed by atoms with Crippen LogP contribution in [0.4, 0.5) is 0 Å². The molecular weight excluding hydrogens is 434 g/mol. The van der Waals surface area contributed by atoms with Crippen LogP contribution in [0, 0.1) is 6.92 Å². The Kier molecular flexibility index (Phi) is 6.44. The van der Waals surface area contributed by atoms with E-state index in [1.165, 1.54) is 11.8 Å². The summed E-state index contributed by atoms with van der Waals surface area (Å²) in [6.07, 6.45) is 1.67. The van der Waals surface area contributed by atoms with E-state index < -0.39 is 0 Å². The van der Waals surface area contributed by atoms with E-state index >= 15 is 0 Å². The van der Waals surface area contributed by atoms with Gasteiger partial charge in [-0.3, -0.25) is 14.6 Å². The Bertz CT molecular complexity index is 1330. The van der Waals surface area contributed by atoms with Crippen LogP contribution in [-0.2, 0) is 16.1 Å². The third-order valence-corrected chi connectivity index (χ3v) is 5.06. The fraction of sp³-hybridized carbons (Fsp3) is 0.200. The maximum absolute atomic E-state index is 12.1. The number of hydrogen-bond acceptors (Lipinski definition) is 8. The van der Waals surface area contributed by atoms with Gasteiger partial charge in [-0.2, -0.15) is 0 Å². The van der Waals surface area contributed by atoms with Crippen LogP contribution in [0.25, 0.3) is 34.3 Å². The first-order valence-corrected chi connectivity index (χ1v) is 10.5. The van der Waals surface area contributed by atoms with Crippen LogP contribution in [0.5, 0.6) is 0 Å². The maximum atomic E-state index is 12.1. The standard InChI is InChI=1S/C25H23N5O4/c1-15-22(27-21(13-26-15)18-9-11-20(12-10-18)25(32)30(3)4)24-29-28-23(34-24)19-7-5-17(6-8-19)14-33-16(2)31/h5-13H,14H2,1-4H3. The van der Waals surface area contributed by atoms with Crippen LogP contribution >= 0.6 is 0 Å². The Morgan fingerprint density at radius 2 is 1.59 bits per heavy atom. The van der Waals surface area contributed by atoms with E-state index in [9.17, 15) is 9.59 Å². The van der Waals surface area contributed by atoms with Gasteiger partial charge in [0.1, 0.15) is 12.3 Å². The van der Waals surface area contributed by atoms with Crippen LogP contribution in [0.15, 0.2) is 59.1 Å². The lowest BCUT2D eigenvalue weighted by molar-refractivity contribution is -0.142. The molecule has 0 spiro atoms. The molecule has 0 saturated heterocycles. The second kappa shape index (κ2) is 9.62. The van der Waals surface area contributed by atoms with Crippen LogP contribution < -0.4 is 0 Å². The molecule has 172 valence electrons. The second-order valence-electron chi connectivity index (χ2n) is 7.86. The van der Waals surface area contributed by atoms with Crippen molar-refractivity contribution in [3.05, 3.63) is 71.5 Å². The van der Waals surface area contributed by atoms with E-state index in [1.807, 2.05) is 43.3 Å². The van der Waals surface area contributed by atoms with Crippen molar-refractivity contribution in [1.29, 1.82) is 0 Å². The highest BCUT2D eigenvalue weighted by Crippen LogP contribution is 2.27. The van der Waals surface area contributed by atoms with Crippen LogP contribution in [0.2, 0.25) is 0 Å². The number of rotatable bonds is 6. The monoisotopic (exact) mass is 457 g/mol. The molecule has 0 unspecified atom stereocenters. The first kappa shape index (κ1) is 22.8. The molecule has 9 nitrogen and oxygen atoms in total. The Balaban J connectivity index is 1.57. The summed E-state index contributed by atoms with van der Waals surface area (Å²) in [6.45, 7) is 3.39. The summed E-state index contributed by atoms with van der Waals surface area (Å²) in [7, 11) is 3.42. The first-order chi connectivity index (χ1) is 16.3. The number of aromatic nitrogens is 4. The molecule has 0 fully saturated rings. The van der Waals surface area contributed by atoms with Gasteiger partial charge in [0.05, 0.1) is 17.6 Å². The quantitative estimate of drug-likeness (QED) is 0.400. The van der Waals surface area contributed by atoms with Crippen molar-refractivity contribution in [2.45, 2.75) is 20.5 Å². The lowest BCUT2D eigenvalue weighted by Crippen LogP contribution is -2.21. The molecule has 9 heteroatoms. The van der Waals surface area contributed by atoms with Gasteiger partial charge in [-0.25, -0.2) is 4.98 Å². The van der Waals surface area contributed by atoms with Gasteiger partial charge in [0.25, 0.3) is 11.8 Å². The average molecular weight is 457 g/mol. The molecule has 0 N–H and O–H groups in total. The molecule has 1 amide bonds. The van der Waals surface area contributed by atoms with Crippen molar-refractivity contribution in [3.8, 4) is 34.3 Å². The zero-order chi connectivity index (χ0) is 24.2. The number of carbonyl (C=O) groups is 2. The third-order valence-electron chi connectivity index (χ3n) is 5.06. The molecule has 2 heterocycles. The molecule has 4 rings (SSSR count). The molecule has 2 aromatic carbocycles. The van der Waals surface area contributed by atoms with Gasteiger partial charge >= 0.3 is 5.97 Å². The minimum absolute atomic E-state index is 0.0694. The molecule has 4 aromatic rings. The smallest absolute Gasteiger partial charge is 0.302 e. The van der Waals surface area contributed by atoms with Gasteiger partial charge in [-0.1, -0.05) is 24.3 Å². The molecule has 0 saturated carbocycles. The fourth-order valence-corrected chi connectivity index (χ4v) is 3.20. The number of ether oxygens (including phenoxy) is 1. The normalized spacial score (nSPS) is 10.7. The van der Waals surface area contributed by atoms with E-state index in [2.05, 4.69) is 20.2 Å². The van der Waals surface area contributed by atoms with Crippen LogP contribution in [0.3, 0.4) is 0 Å². The van der Waals surface area contributed by atoms with Crippen molar-refractivity contribution >= 4 is 11.9 Å². The van der Waals surface area contributed by atoms with Gasteiger partial charge < -0.3 is 14.1 Å². The van der Waals surface area contributed by atoms with Crippen LogP contribution in [-0.4, -0.2) is 51.0 Å². The van der Waals surface area contributed by atoms with Gasteiger partial charge in [0, 0.05) is 37.7 Å². The molecule has 0 radical (unpaired) electrons. The van der Waals surface area contributed by atoms with Gasteiger partial charge in [-0.05, 0) is 36.8 Å². The summed E-state index contributed by atoms with van der Waals surface area (Å²) in [4.78, 5) is 33.7. The molecule has 0 atom stereocenters.